The Morgan fingerprint density at radius 1 is 1.33 bits per heavy atom. The summed E-state index contributed by atoms with van der Waals surface area (Å²) in [4.78, 5) is 16.2. The van der Waals surface area contributed by atoms with Crippen LogP contribution in [0.5, 0.6) is 0 Å². The summed E-state index contributed by atoms with van der Waals surface area (Å²) in [7, 11) is 1.52. The third-order valence-electron chi connectivity index (χ3n) is 2.70. The molecule has 2 amide bonds. The van der Waals surface area contributed by atoms with Gasteiger partial charge in [0.1, 0.15) is 7.11 Å². The summed E-state index contributed by atoms with van der Waals surface area (Å²) in [6.07, 6.45) is 2.16. The number of oxime groups is 1. The van der Waals surface area contributed by atoms with Gasteiger partial charge in [0.25, 0.3) is 0 Å². The van der Waals surface area contributed by atoms with E-state index in [0.717, 1.165) is 29.8 Å². The number of urea groups is 1. The zero-order valence-electron chi connectivity index (χ0n) is 10.6. The van der Waals surface area contributed by atoms with Gasteiger partial charge in [0, 0.05) is 11.7 Å². The largest absolute Gasteiger partial charge is 0.399 e. The smallest absolute Gasteiger partial charge is 0.319 e. The molecule has 2 rings (SSSR count). The molecule has 96 valence electrons. The maximum absolute atomic E-state index is 11.5. The Bertz CT molecular complexity index is 450. The number of hydrogen-bond donors (Lipinski definition) is 2. The van der Waals surface area contributed by atoms with Crippen LogP contribution in [0.3, 0.4) is 0 Å². The van der Waals surface area contributed by atoms with Crippen LogP contribution < -0.4 is 10.6 Å². The molecular formula is C13H17N3O2. The van der Waals surface area contributed by atoms with Crippen LogP contribution in [0.15, 0.2) is 29.4 Å². The number of nitrogens with one attached hydrogen (secondary N) is 2. The normalized spacial score (nSPS) is 15.1. The van der Waals surface area contributed by atoms with Crippen molar-refractivity contribution in [1.82, 2.24) is 5.32 Å². The fraction of sp³-hybridized carbons (Fsp3) is 0.385. The van der Waals surface area contributed by atoms with Crippen LogP contribution in [0.4, 0.5) is 10.5 Å². The average Bonchev–Trinajstić information content (AvgIpc) is 3.14. The Labute approximate surface area is 106 Å². The molecule has 5 heteroatoms. The van der Waals surface area contributed by atoms with Crippen molar-refractivity contribution >= 4 is 17.4 Å². The van der Waals surface area contributed by atoms with Crippen LogP contribution in [0.1, 0.15) is 25.3 Å². The zero-order valence-corrected chi connectivity index (χ0v) is 10.6. The van der Waals surface area contributed by atoms with Gasteiger partial charge in [-0.05, 0) is 37.5 Å². The molecular weight excluding hydrogens is 230 g/mol. The van der Waals surface area contributed by atoms with Gasteiger partial charge in [0.15, 0.2) is 0 Å². The Balaban J connectivity index is 1.94. The van der Waals surface area contributed by atoms with Crippen molar-refractivity contribution in [2.24, 2.45) is 5.16 Å². The fourth-order valence-corrected chi connectivity index (χ4v) is 1.56. The summed E-state index contributed by atoms with van der Waals surface area (Å²) in [6.45, 7) is 1.87. The van der Waals surface area contributed by atoms with Crippen LogP contribution in [-0.4, -0.2) is 24.9 Å². The molecule has 1 aromatic carbocycles. The van der Waals surface area contributed by atoms with Gasteiger partial charge in [-0.2, -0.15) is 0 Å². The Morgan fingerprint density at radius 2 is 2.00 bits per heavy atom. The van der Waals surface area contributed by atoms with Crippen molar-refractivity contribution in [3.05, 3.63) is 29.8 Å². The van der Waals surface area contributed by atoms with E-state index in [0.29, 0.717) is 6.04 Å². The van der Waals surface area contributed by atoms with E-state index in [-0.39, 0.29) is 6.03 Å². The second-order valence-corrected chi connectivity index (χ2v) is 4.31. The molecule has 2 N–H and O–H groups in total. The summed E-state index contributed by atoms with van der Waals surface area (Å²) in [5.41, 5.74) is 2.53. The van der Waals surface area contributed by atoms with Gasteiger partial charge in [0.2, 0.25) is 0 Å². The van der Waals surface area contributed by atoms with Gasteiger partial charge >= 0.3 is 6.03 Å². The van der Waals surface area contributed by atoms with E-state index >= 15 is 0 Å². The highest BCUT2D eigenvalue weighted by Crippen LogP contribution is 2.19. The number of anilines is 1. The molecule has 0 heterocycles. The molecule has 0 radical (unpaired) electrons. The summed E-state index contributed by atoms with van der Waals surface area (Å²) in [5.74, 6) is 0. The van der Waals surface area contributed by atoms with Gasteiger partial charge in [-0.15, -0.1) is 0 Å². The molecule has 1 aromatic rings. The minimum atomic E-state index is -0.146. The van der Waals surface area contributed by atoms with Crippen LogP contribution >= 0.6 is 0 Å². The Kier molecular flexibility index (Phi) is 3.82. The van der Waals surface area contributed by atoms with Crippen LogP contribution in [0.25, 0.3) is 0 Å². The summed E-state index contributed by atoms with van der Waals surface area (Å²) >= 11 is 0. The summed E-state index contributed by atoms with van der Waals surface area (Å²) in [6, 6.07) is 7.69. The minimum Gasteiger partial charge on any atom is -0.399 e. The third-order valence-corrected chi connectivity index (χ3v) is 2.70. The standard InChI is InChI=1S/C13H17N3O2/c1-9(16-18-2)10-3-5-11(6-4-10)14-13(17)15-12-7-8-12/h3-6,12H,7-8H2,1-2H3,(H2,14,15,17)/b16-9+. The number of benzene rings is 1. The first kappa shape index (κ1) is 12.4. The lowest BCUT2D eigenvalue weighted by molar-refractivity contribution is 0.213. The number of carbonyl (C=O) groups excluding carboxylic acids is 1. The van der Waals surface area contributed by atoms with E-state index in [2.05, 4.69) is 15.8 Å². The minimum absolute atomic E-state index is 0.146. The predicted octanol–water partition coefficient (Wildman–Crippen LogP) is 2.34. The van der Waals surface area contributed by atoms with Crippen molar-refractivity contribution in [1.29, 1.82) is 0 Å². The number of rotatable bonds is 4. The van der Waals surface area contributed by atoms with Gasteiger partial charge < -0.3 is 15.5 Å². The number of carbonyl (C=O) groups is 1. The van der Waals surface area contributed by atoms with E-state index in [1.54, 1.807) is 0 Å². The highest BCUT2D eigenvalue weighted by atomic mass is 16.6. The molecule has 0 bridgehead atoms. The van der Waals surface area contributed by atoms with Crippen molar-refractivity contribution in [2.75, 3.05) is 12.4 Å². The van der Waals surface area contributed by atoms with E-state index in [1.807, 2.05) is 31.2 Å². The van der Waals surface area contributed by atoms with Crippen molar-refractivity contribution in [3.63, 3.8) is 0 Å². The monoisotopic (exact) mass is 247 g/mol. The van der Waals surface area contributed by atoms with Crippen LogP contribution in [-0.2, 0) is 4.84 Å². The SMILES string of the molecule is CO/N=C(\C)c1ccc(NC(=O)NC2CC2)cc1. The topological polar surface area (TPSA) is 62.7 Å². The number of hydrogen-bond acceptors (Lipinski definition) is 3. The van der Waals surface area contributed by atoms with Crippen LogP contribution in [0.2, 0.25) is 0 Å². The lowest BCUT2D eigenvalue weighted by Gasteiger charge is -2.07. The lowest BCUT2D eigenvalue weighted by atomic mass is 10.1. The maximum Gasteiger partial charge on any atom is 0.319 e. The molecule has 1 aliphatic rings. The van der Waals surface area contributed by atoms with Crippen molar-refractivity contribution in [2.45, 2.75) is 25.8 Å². The van der Waals surface area contributed by atoms with Gasteiger partial charge in [-0.1, -0.05) is 17.3 Å². The molecule has 0 saturated heterocycles. The molecule has 18 heavy (non-hydrogen) atoms. The zero-order chi connectivity index (χ0) is 13.0. The summed E-state index contributed by atoms with van der Waals surface area (Å²) in [5, 5.41) is 9.51. The molecule has 0 aromatic heterocycles. The molecule has 5 nitrogen and oxygen atoms in total. The Hall–Kier alpha value is -2.04. The molecule has 0 atom stereocenters. The van der Waals surface area contributed by atoms with Gasteiger partial charge in [0.05, 0.1) is 5.71 Å². The highest BCUT2D eigenvalue weighted by molar-refractivity contribution is 5.99. The summed E-state index contributed by atoms with van der Waals surface area (Å²) < 4.78 is 0. The predicted molar refractivity (Wildman–Crippen MR) is 70.8 cm³/mol. The number of nitrogens with zero attached hydrogens (tertiary/aromatic N) is 1. The first-order chi connectivity index (χ1) is 8.69. The molecule has 1 fully saturated rings. The molecule has 0 aliphatic heterocycles. The van der Waals surface area contributed by atoms with Crippen molar-refractivity contribution in [3.8, 4) is 0 Å². The average molecular weight is 247 g/mol. The first-order valence-electron chi connectivity index (χ1n) is 5.95. The Morgan fingerprint density at radius 3 is 2.56 bits per heavy atom. The lowest BCUT2D eigenvalue weighted by Crippen LogP contribution is -2.30. The van der Waals surface area contributed by atoms with Crippen molar-refractivity contribution < 1.29 is 9.63 Å². The van der Waals surface area contributed by atoms with E-state index in [9.17, 15) is 4.79 Å². The highest BCUT2D eigenvalue weighted by Gasteiger charge is 2.23. The second kappa shape index (κ2) is 5.53. The van der Waals surface area contributed by atoms with Crippen LogP contribution in [0, 0.1) is 0 Å². The molecule has 0 spiro atoms. The molecule has 1 saturated carbocycles. The number of amides is 2. The van der Waals surface area contributed by atoms with E-state index in [4.69, 9.17) is 4.84 Å². The quantitative estimate of drug-likeness (QED) is 0.633. The van der Waals surface area contributed by atoms with Gasteiger partial charge in [-0.25, -0.2) is 4.79 Å². The first-order valence-corrected chi connectivity index (χ1v) is 5.95. The fourth-order valence-electron chi connectivity index (χ4n) is 1.56. The molecule has 1 aliphatic carbocycles. The van der Waals surface area contributed by atoms with E-state index in [1.165, 1.54) is 7.11 Å². The van der Waals surface area contributed by atoms with E-state index < -0.39 is 0 Å². The third kappa shape index (κ3) is 3.48. The van der Waals surface area contributed by atoms with Gasteiger partial charge in [-0.3, -0.25) is 0 Å². The maximum atomic E-state index is 11.5. The second-order valence-electron chi connectivity index (χ2n) is 4.31. The molecule has 0 unspecified atom stereocenters.